The third-order valence-corrected chi connectivity index (χ3v) is 8.58. The molecule has 2 aromatic heterocycles. The number of carbonyl (C=O) groups is 1. The molecule has 0 radical (unpaired) electrons. The van der Waals surface area contributed by atoms with E-state index in [4.69, 9.17) is 16.3 Å². The van der Waals surface area contributed by atoms with Gasteiger partial charge in [0.05, 0.1) is 31.1 Å². The number of ether oxygens (including phenoxy) is 1. The maximum Gasteiger partial charge on any atom is 0.323 e. The van der Waals surface area contributed by atoms with Crippen LogP contribution in [0.1, 0.15) is 46.1 Å². The third kappa shape index (κ3) is 3.96. The van der Waals surface area contributed by atoms with Crippen LogP contribution in [0.15, 0.2) is 60.8 Å². The summed E-state index contributed by atoms with van der Waals surface area (Å²) in [5.41, 5.74) is 4.66. The van der Waals surface area contributed by atoms with Crippen molar-refractivity contribution in [2.24, 2.45) is 0 Å². The van der Waals surface area contributed by atoms with Gasteiger partial charge in [0.25, 0.3) is 0 Å². The first-order valence-corrected chi connectivity index (χ1v) is 13.2. The monoisotopic (exact) mass is 521 g/mol. The summed E-state index contributed by atoms with van der Waals surface area (Å²) in [6.07, 6.45) is 6.47. The summed E-state index contributed by atoms with van der Waals surface area (Å²) >= 11 is 8.05. The summed E-state index contributed by atoms with van der Waals surface area (Å²) in [4.78, 5) is 17.2. The highest BCUT2D eigenvalue weighted by molar-refractivity contribution is 7.15. The van der Waals surface area contributed by atoms with Gasteiger partial charge in [-0.05, 0) is 79.3 Å². The molecule has 2 amide bonds. The molecule has 0 saturated heterocycles. The third-order valence-electron chi connectivity index (χ3n) is 7.01. The Morgan fingerprint density at radius 1 is 1.11 bits per heavy atom. The lowest BCUT2D eigenvalue weighted by Gasteiger charge is -2.31. The predicted octanol–water partition coefficient (Wildman–Crippen LogP) is 7.36. The fourth-order valence-electron chi connectivity index (χ4n) is 5.38. The van der Waals surface area contributed by atoms with Gasteiger partial charge in [-0.3, -0.25) is 0 Å². The first-order valence-electron chi connectivity index (χ1n) is 12.0. The summed E-state index contributed by atoms with van der Waals surface area (Å²) in [6, 6.07) is 14.8. The Labute approximate surface area is 218 Å². The molecule has 1 aliphatic heterocycles. The Morgan fingerprint density at radius 2 is 1.97 bits per heavy atom. The molecule has 1 N–H and O–H groups in total. The Bertz CT molecular complexity index is 1460. The van der Waals surface area contributed by atoms with Gasteiger partial charge in [0.15, 0.2) is 0 Å². The van der Waals surface area contributed by atoms with Gasteiger partial charge in [0.2, 0.25) is 0 Å². The van der Waals surface area contributed by atoms with Crippen LogP contribution in [0.25, 0.3) is 5.00 Å². The van der Waals surface area contributed by atoms with Crippen LogP contribution >= 0.6 is 22.9 Å². The smallest absolute Gasteiger partial charge is 0.323 e. The van der Waals surface area contributed by atoms with Crippen LogP contribution in [0.5, 0.6) is 5.75 Å². The second-order valence-electron chi connectivity index (χ2n) is 9.16. The minimum Gasteiger partial charge on any atom is -0.495 e. The molecule has 6 rings (SSSR count). The SMILES string of the molecule is COc1ccc(Cl)cc1NC(=O)N1Cc2c(sc3c2CCCC3)-n2cccc2[C@H]1c1cccc(F)c1. The molecule has 184 valence electrons. The van der Waals surface area contributed by atoms with Crippen LogP contribution in [0, 0.1) is 5.82 Å². The van der Waals surface area contributed by atoms with Gasteiger partial charge in [-0.25, -0.2) is 9.18 Å². The van der Waals surface area contributed by atoms with E-state index in [-0.39, 0.29) is 11.8 Å². The normalized spacial score (nSPS) is 16.5. The second kappa shape index (κ2) is 9.30. The topological polar surface area (TPSA) is 46.5 Å². The van der Waals surface area contributed by atoms with Crippen LogP contribution in [-0.2, 0) is 19.4 Å². The lowest BCUT2D eigenvalue weighted by molar-refractivity contribution is 0.194. The number of hydrogen-bond acceptors (Lipinski definition) is 3. The Hall–Kier alpha value is -3.29. The molecule has 5 nitrogen and oxygen atoms in total. The molecule has 2 aromatic carbocycles. The first kappa shape index (κ1) is 23.1. The molecule has 36 heavy (non-hydrogen) atoms. The van der Waals surface area contributed by atoms with Crippen molar-refractivity contribution in [2.45, 2.75) is 38.3 Å². The number of aromatic nitrogens is 1. The zero-order valence-corrected chi connectivity index (χ0v) is 21.3. The van der Waals surface area contributed by atoms with E-state index in [0.717, 1.165) is 30.0 Å². The number of nitrogens with zero attached hydrogens (tertiary/aromatic N) is 2. The minimum atomic E-state index is -0.486. The summed E-state index contributed by atoms with van der Waals surface area (Å²) in [5.74, 6) is 0.181. The number of hydrogen-bond donors (Lipinski definition) is 1. The second-order valence-corrected chi connectivity index (χ2v) is 10.7. The Balaban J connectivity index is 1.50. The van der Waals surface area contributed by atoms with Gasteiger partial charge in [-0.15, -0.1) is 11.3 Å². The van der Waals surface area contributed by atoms with E-state index in [1.807, 2.05) is 35.7 Å². The number of methoxy groups -OCH3 is 1. The molecule has 2 aliphatic rings. The van der Waals surface area contributed by atoms with Gasteiger partial charge < -0.3 is 19.5 Å². The summed E-state index contributed by atoms with van der Waals surface area (Å²) in [5, 5.41) is 4.66. The zero-order valence-electron chi connectivity index (χ0n) is 19.8. The number of anilines is 1. The van der Waals surface area contributed by atoms with E-state index in [2.05, 4.69) is 9.88 Å². The number of aryl methyl sites for hydroxylation is 1. The number of nitrogens with one attached hydrogen (secondary N) is 1. The molecule has 0 bridgehead atoms. The number of thiophene rings is 1. The van der Waals surface area contributed by atoms with Gasteiger partial charge in [0, 0.05) is 21.7 Å². The lowest BCUT2D eigenvalue weighted by Crippen LogP contribution is -2.38. The van der Waals surface area contributed by atoms with Gasteiger partial charge >= 0.3 is 6.03 Å². The average molecular weight is 522 g/mol. The van der Waals surface area contributed by atoms with Gasteiger partial charge in [-0.1, -0.05) is 23.7 Å². The maximum atomic E-state index is 14.4. The average Bonchev–Trinajstić information content (AvgIpc) is 3.46. The molecule has 0 unspecified atom stereocenters. The van der Waals surface area contributed by atoms with Crippen LogP contribution in [-0.4, -0.2) is 22.6 Å². The van der Waals surface area contributed by atoms with Crippen molar-refractivity contribution in [1.29, 1.82) is 0 Å². The fourth-order valence-corrected chi connectivity index (χ4v) is 6.95. The first-order chi connectivity index (χ1) is 17.5. The van der Waals surface area contributed by atoms with Crippen LogP contribution in [0.2, 0.25) is 5.02 Å². The maximum absolute atomic E-state index is 14.4. The van der Waals surface area contributed by atoms with E-state index in [9.17, 15) is 9.18 Å². The van der Waals surface area contributed by atoms with Crippen LogP contribution in [0.4, 0.5) is 14.9 Å². The summed E-state index contributed by atoms with van der Waals surface area (Å²) in [7, 11) is 1.55. The summed E-state index contributed by atoms with van der Waals surface area (Å²) < 4.78 is 22.1. The van der Waals surface area contributed by atoms with E-state index in [1.165, 1.54) is 34.6 Å². The summed E-state index contributed by atoms with van der Waals surface area (Å²) in [6.45, 7) is 0.415. The Morgan fingerprint density at radius 3 is 2.81 bits per heavy atom. The molecule has 1 aliphatic carbocycles. The van der Waals surface area contributed by atoms with Crippen molar-refractivity contribution in [3.63, 3.8) is 0 Å². The highest BCUT2D eigenvalue weighted by atomic mass is 35.5. The highest BCUT2D eigenvalue weighted by Crippen LogP contribution is 2.44. The van der Waals surface area contributed by atoms with Crippen molar-refractivity contribution in [1.82, 2.24) is 9.47 Å². The number of amides is 2. The van der Waals surface area contributed by atoms with E-state index in [0.29, 0.717) is 28.6 Å². The van der Waals surface area contributed by atoms with Crippen molar-refractivity contribution in [3.05, 3.63) is 98.9 Å². The number of fused-ring (bicyclic) bond motifs is 5. The molecule has 0 saturated carbocycles. The number of benzene rings is 2. The van der Waals surface area contributed by atoms with E-state index >= 15 is 0 Å². The quantitative estimate of drug-likeness (QED) is 0.306. The van der Waals surface area contributed by atoms with Gasteiger partial charge in [0.1, 0.15) is 16.6 Å². The van der Waals surface area contributed by atoms with Crippen molar-refractivity contribution >= 4 is 34.7 Å². The van der Waals surface area contributed by atoms with Crippen molar-refractivity contribution in [3.8, 4) is 10.8 Å². The minimum absolute atomic E-state index is 0.304. The number of rotatable bonds is 3. The van der Waals surface area contributed by atoms with Crippen molar-refractivity contribution in [2.75, 3.05) is 12.4 Å². The van der Waals surface area contributed by atoms with Crippen molar-refractivity contribution < 1.29 is 13.9 Å². The largest absolute Gasteiger partial charge is 0.495 e. The van der Waals surface area contributed by atoms with E-state index < -0.39 is 6.04 Å². The molecule has 0 spiro atoms. The molecular formula is C28H25ClFN3O2S. The molecule has 8 heteroatoms. The highest BCUT2D eigenvalue weighted by Gasteiger charge is 2.36. The molecule has 3 heterocycles. The zero-order chi connectivity index (χ0) is 24.8. The van der Waals surface area contributed by atoms with Crippen LogP contribution in [0.3, 0.4) is 0 Å². The van der Waals surface area contributed by atoms with E-state index in [1.54, 1.807) is 36.3 Å². The molecule has 4 aromatic rings. The number of carbonyl (C=O) groups excluding carboxylic acids is 1. The molecule has 1 atom stereocenters. The molecular weight excluding hydrogens is 497 g/mol. The van der Waals surface area contributed by atoms with Gasteiger partial charge in [-0.2, -0.15) is 0 Å². The number of halogens is 2. The molecule has 0 fully saturated rings. The fraction of sp³-hybridized carbons (Fsp3) is 0.250. The standard InChI is InChI=1S/C28H25ClFN3O2S/c1-35-24-12-11-18(29)15-22(24)31-28(34)33-16-21-20-8-2-3-10-25(20)36-27(21)32-13-5-9-23(32)26(33)17-6-4-7-19(30)14-17/h4-7,9,11-15,26H,2-3,8,10,16H2,1H3,(H,31,34)/t26-/m1/s1. The lowest BCUT2D eigenvalue weighted by atomic mass is 9.95. The number of urea groups is 1. The Kier molecular flexibility index (Phi) is 5.97. The van der Waals surface area contributed by atoms with Crippen LogP contribution < -0.4 is 10.1 Å². The predicted molar refractivity (Wildman–Crippen MR) is 141 cm³/mol.